The summed E-state index contributed by atoms with van der Waals surface area (Å²) in [5.74, 6) is 0. The molecule has 0 aromatic heterocycles. The van der Waals surface area contributed by atoms with Crippen molar-refractivity contribution in [3.8, 4) is 0 Å². The number of amides is 1. The van der Waals surface area contributed by atoms with Gasteiger partial charge in [0.25, 0.3) is 0 Å². The molecular weight excluding hydrogens is 118 g/mol. The van der Waals surface area contributed by atoms with Crippen LogP contribution in [-0.4, -0.2) is 18.2 Å². The molecule has 0 radical (unpaired) electrons. The lowest BCUT2D eigenvalue weighted by molar-refractivity contribution is 0.173. The Balaban J connectivity index is 2.54. The number of carbonyl (C=O) groups excluding carboxylic acids is 1. The predicted octanol–water partition coefficient (Wildman–Crippen LogP) is 0.895. The molecule has 1 amide bonds. The van der Waals surface area contributed by atoms with E-state index in [9.17, 15) is 4.79 Å². The fraction of sp³-hybridized carbons (Fsp3) is 0.833. The molecule has 1 N–H and O–H groups in total. The first-order valence-electron chi connectivity index (χ1n) is 3.11. The van der Waals surface area contributed by atoms with Gasteiger partial charge < -0.3 is 10.1 Å². The van der Waals surface area contributed by atoms with Crippen LogP contribution in [0.25, 0.3) is 0 Å². The van der Waals surface area contributed by atoms with Gasteiger partial charge in [-0.1, -0.05) is 6.92 Å². The van der Waals surface area contributed by atoms with Crippen LogP contribution >= 0.6 is 0 Å². The summed E-state index contributed by atoms with van der Waals surface area (Å²) in [6, 6.07) is 0. The molecular formula is C6H11NO2. The Hall–Kier alpha value is -0.730. The fourth-order valence-corrected chi connectivity index (χ4v) is 0.734. The second kappa shape index (κ2) is 1.90. The Labute approximate surface area is 54.4 Å². The Morgan fingerprint density at radius 3 is 2.78 bits per heavy atom. The maximum atomic E-state index is 10.5. The van der Waals surface area contributed by atoms with Gasteiger partial charge in [-0.25, -0.2) is 4.79 Å². The summed E-state index contributed by atoms with van der Waals surface area (Å²) in [4.78, 5) is 10.5. The molecule has 0 bridgehead atoms. The van der Waals surface area contributed by atoms with Crippen molar-refractivity contribution in [2.75, 3.05) is 6.61 Å². The second-order valence-corrected chi connectivity index (χ2v) is 2.62. The summed E-state index contributed by atoms with van der Waals surface area (Å²) in [7, 11) is 0. The highest BCUT2D eigenvalue weighted by atomic mass is 16.6. The first kappa shape index (κ1) is 6.39. The standard InChI is InChI=1S/C6H11NO2/c1-3-6(2)4-9-5(8)7-6/h3-4H2,1-2H3,(H,7,8). The van der Waals surface area contributed by atoms with Crippen molar-refractivity contribution < 1.29 is 9.53 Å². The Morgan fingerprint density at radius 2 is 2.56 bits per heavy atom. The van der Waals surface area contributed by atoms with E-state index in [-0.39, 0.29) is 11.6 Å². The van der Waals surface area contributed by atoms with Gasteiger partial charge in [-0.3, -0.25) is 0 Å². The number of cyclic esters (lactones) is 1. The van der Waals surface area contributed by atoms with E-state index in [1.165, 1.54) is 0 Å². The third kappa shape index (κ3) is 1.15. The monoisotopic (exact) mass is 129 g/mol. The Morgan fingerprint density at radius 1 is 1.89 bits per heavy atom. The number of ether oxygens (including phenoxy) is 1. The molecule has 1 aliphatic rings. The van der Waals surface area contributed by atoms with Crippen LogP contribution in [0.5, 0.6) is 0 Å². The number of carbonyl (C=O) groups is 1. The maximum Gasteiger partial charge on any atom is 0.407 e. The molecule has 0 aliphatic carbocycles. The van der Waals surface area contributed by atoms with E-state index in [1.807, 2.05) is 13.8 Å². The highest BCUT2D eigenvalue weighted by Crippen LogP contribution is 2.14. The molecule has 52 valence electrons. The molecule has 3 nitrogen and oxygen atoms in total. The molecule has 0 spiro atoms. The van der Waals surface area contributed by atoms with Gasteiger partial charge in [-0.05, 0) is 13.3 Å². The predicted molar refractivity (Wildman–Crippen MR) is 33.2 cm³/mol. The summed E-state index contributed by atoms with van der Waals surface area (Å²) >= 11 is 0. The zero-order chi connectivity index (χ0) is 6.91. The molecule has 1 heterocycles. The summed E-state index contributed by atoms with van der Waals surface area (Å²) < 4.78 is 4.71. The van der Waals surface area contributed by atoms with Gasteiger partial charge in [0, 0.05) is 0 Å². The highest BCUT2D eigenvalue weighted by molar-refractivity contribution is 5.70. The van der Waals surface area contributed by atoms with Gasteiger partial charge in [0.2, 0.25) is 0 Å². The summed E-state index contributed by atoms with van der Waals surface area (Å²) in [5, 5.41) is 2.72. The number of alkyl carbamates (subject to hydrolysis) is 1. The van der Waals surface area contributed by atoms with E-state index in [2.05, 4.69) is 5.32 Å². The maximum absolute atomic E-state index is 10.5. The van der Waals surface area contributed by atoms with Gasteiger partial charge >= 0.3 is 6.09 Å². The van der Waals surface area contributed by atoms with Crippen molar-refractivity contribution in [2.45, 2.75) is 25.8 Å². The van der Waals surface area contributed by atoms with Crippen LogP contribution in [0.1, 0.15) is 20.3 Å². The lowest BCUT2D eigenvalue weighted by Crippen LogP contribution is -2.39. The van der Waals surface area contributed by atoms with Crippen LogP contribution in [0.2, 0.25) is 0 Å². The zero-order valence-corrected chi connectivity index (χ0v) is 5.73. The normalized spacial score (nSPS) is 33.8. The molecule has 0 aromatic rings. The number of hydrogen-bond donors (Lipinski definition) is 1. The van der Waals surface area contributed by atoms with Crippen molar-refractivity contribution >= 4 is 6.09 Å². The van der Waals surface area contributed by atoms with Crippen LogP contribution in [0.15, 0.2) is 0 Å². The number of rotatable bonds is 1. The zero-order valence-electron chi connectivity index (χ0n) is 5.73. The van der Waals surface area contributed by atoms with Gasteiger partial charge in [-0.2, -0.15) is 0 Å². The molecule has 3 heteroatoms. The average Bonchev–Trinajstić information content (AvgIpc) is 2.13. The van der Waals surface area contributed by atoms with Gasteiger partial charge in [0.1, 0.15) is 6.61 Å². The van der Waals surface area contributed by atoms with Gasteiger partial charge in [0.05, 0.1) is 5.54 Å². The van der Waals surface area contributed by atoms with E-state index in [4.69, 9.17) is 4.74 Å². The fourth-order valence-electron chi connectivity index (χ4n) is 0.734. The second-order valence-electron chi connectivity index (χ2n) is 2.62. The average molecular weight is 129 g/mol. The minimum Gasteiger partial charge on any atom is -0.447 e. The highest BCUT2D eigenvalue weighted by Gasteiger charge is 2.32. The molecule has 1 unspecified atom stereocenters. The Kier molecular flexibility index (Phi) is 1.35. The SMILES string of the molecule is CCC1(C)COC(=O)N1. The minimum atomic E-state index is -0.292. The lowest BCUT2D eigenvalue weighted by Gasteiger charge is -2.16. The van der Waals surface area contributed by atoms with E-state index in [1.54, 1.807) is 0 Å². The molecule has 1 fully saturated rings. The van der Waals surface area contributed by atoms with Crippen molar-refractivity contribution in [3.05, 3.63) is 0 Å². The lowest BCUT2D eigenvalue weighted by atomic mass is 10.0. The third-order valence-corrected chi connectivity index (χ3v) is 1.71. The summed E-state index contributed by atoms with van der Waals surface area (Å²) in [5.41, 5.74) is -0.114. The number of nitrogens with one attached hydrogen (secondary N) is 1. The molecule has 0 saturated carbocycles. The molecule has 1 atom stereocenters. The third-order valence-electron chi connectivity index (χ3n) is 1.71. The molecule has 1 aliphatic heterocycles. The van der Waals surface area contributed by atoms with Crippen LogP contribution in [-0.2, 0) is 4.74 Å². The quantitative estimate of drug-likeness (QED) is 0.571. The van der Waals surface area contributed by atoms with E-state index in [0.717, 1.165) is 6.42 Å². The van der Waals surface area contributed by atoms with Gasteiger partial charge in [-0.15, -0.1) is 0 Å². The molecule has 9 heavy (non-hydrogen) atoms. The van der Waals surface area contributed by atoms with E-state index >= 15 is 0 Å². The minimum absolute atomic E-state index is 0.114. The van der Waals surface area contributed by atoms with Crippen LogP contribution < -0.4 is 5.32 Å². The Bertz CT molecular complexity index is 135. The largest absolute Gasteiger partial charge is 0.447 e. The first-order valence-corrected chi connectivity index (χ1v) is 3.11. The van der Waals surface area contributed by atoms with Crippen molar-refractivity contribution in [1.29, 1.82) is 0 Å². The molecule has 1 saturated heterocycles. The van der Waals surface area contributed by atoms with Crippen molar-refractivity contribution in [3.63, 3.8) is 0 Å². The van der Waals surface area contributed by atoms with E-state index in [0.29, 0.717) is 6.61 Å². The first-order chi connectivity index (χ1) is 4.16. The summed E-state index contributed by atoms with van der Waals surface area (Å²) in [6.45, 7) is 4.50. The smallest absolute Gasteiger partial charge is 0.407 e. The van der Waals surface area contributed by atoms with Crippen molar-refractivity contribution in [1.82, 2.24) is 5.32 Å². The number of hydrogen-bond acceptors (Lipinski definition) is 2. The van der Waals surface area contributed by atoms with Crippen LogP contribution in [0.4, 0.5) is 4.79 Å². The van der Waals surface area contributed by atoms with Gasteiger partial charge in [0.15, 0.2) is 0 Å². The molecule has 1 rings (SSSR count). The topological polar surface area (TPSA) is 38.3 Å². The summed E-state index contributed by atoms with van der Waals surface area (Å²) in [6.07, 6.45) is 0.623. The van der Waals surface area contributed by atoms with E-state index < -0.39 is 0 Å². The molecule has 0 aromatic carbocycles. The van der Waals surface area contributed by atoms with Crippen molar-refractivity contribution in [2.24, 2.45) is 0 Å². The van der Waals surface area contributed by atoms with Crippen LogP contribution in [0.3, 0.4) is 0 Å². The van der Waals surface area contributed by atoms with Crippen LogP contribution in [0, 0.1) is 0 Å².